The third kappa shape index (κ3) is 2.85. The van der Waals surface area contributed by atoms with E-state index in [1.807, 2.05) is 42.5 Å². The highest BCUT2D eigenvalue weighted by atomic mass is 16.8. The molecule has 4 heterocycles. The monoisotopic (exact) mass is 381 g/mol. The van der Waals surface area contributed by atoms with Crippen LogP contribution in [0, 0.1) is 0 Å². The fraction of sp³-hybridized carbons (Fsp3) is 0.316. The van der Waals surface area contributed by atoms with E-state index in [-0.39, 0.29) is 6.61 Å². The molecule has 9 heteroatoms. The molecule has 0 aliphatic carbocycles. The van der Waals surface area contributed by atoms with Crippen LogP contribution in [0.25, 0.3) is 17.2 Å². The summed E-state index contributed by atoms with van der Waals surface area (Å²) in [5, 5.41) is 9.73. The zero-order chi connectivity index (χ0) is 19.1. The highest BCUT2D eigenvalue weighted by molar-refractivity contribution is 5.81. The molecule has 2 saturated heterocycles. The van der Waals surface area contributed by atoms with Crippen LogP contribution in [0.2, 0.25) is 0 Å². The maximum absolute atomic E-state index is 9.73. The number of imidazole rings is 1. The number of benzene rings is 1. The Morgan fingerprint density at radius 3 is 2.71 bits per heavy atom. The summed E-state index contributed by atoms with van der Waals surface area (Å²) < 4.78 is 19.8. The number of aliphatic hydroxyl groups excluding tert-OH is 1. The first-order valence-corrected chi connectivity index (χ1v) is 8.98. The van der Waals surface area contributed by atoms with Crippen molar-refractivity contribution in [2.24, 2.45) is 0 Å². The number of nitrogens with two attached hydrogens (primary N) is 1. The molecule has 3 N–H and O–H groups in total. The Balaban J connectivity index is 1.42. The number of aliphatic hydroxyl groups is 1. The van der Waals surface area contributed by atoms with Gasteiger partial charge in [-0.25, -0.2) is 15.0 Å². The fourth-order valence-electron chi connectivity index (χ4n) is 3.63. The molecule has 2 unspecified atom stereocenters. The molecule has 2 aliphatic heterocycles. The predicted octanol–water partition coefficient (Wildman–Crippen LogP) is 1.12. The minimum absolute atomic E-state index is 0.181. The first-order valence-electron chi connectivity index (χ1n) is 8.98. The van der Waals surface area contributed by atoms with Gasteiger partial charge in [0.1, 0.15) is 30.2 Å². The summed E-state index contributed by atoms with van der Waals surface area (Å²) >= 11 is 0. The van der Waals surface area contributed by atoms with E-state index in [0.717, 1.165) is 5.56 Å². The first-order chi connectivity index (χ1) is 13.7. The van der Waals surface area contributed by atoms with Crippen LogP contribution in [0.4, 0.5) is 5.82 Å². The number of rotatable bonds is 4. The van der Waals surface area contributed by atoms with E-state index in [4.69, 9.17) is 19.9 Å². The zero-order valence-corrected chi connectivity index (χ0v) is 14.8. The van der Waals surface area contributed by atoms with Gasteiger partial charge in [-0.3, -0.25) is 4.57 Å². The standard InChI is InChI=1S/C19H19N5O4/c20-17-14-18(22-9-21-17)24(10-23-14)19-16-15(12(8-25)26-19)27-13(28-16)7-6-11-4-2-1-3-5-11/h1-7,9-10,12-13,15-16,19,25H,8H2,(H2,20,21,22)/b7-6+/t12-,13?,15?,16+,19-/m1/s1. The van der Waals surface area contributed by atoms with Gasteiger partial charge in [-0.1, -0.05) is 36.4 Å². The molecular formula is C19H19N5O4. The van der Waals surface area contributed by atoms with Crippen LogP contribution in [0.1, 0.15) is 11.8 Å². The first kappa shape index (κ1) is 17.3. The molecule has 144 valence electrons. The second-order valence-electron chi connectivity index (χ2n) is 6.67. The van der Waals surface area contributed by atoms with Crippen LogP contribution in [-0.4, -0.2) is 55.8 Å². The van der Waals surface area contributed by atoms with Crippen molar-refractivity contribution < 1.29 is 19.3 Å². The molecule has 9 nitrogen and oxygen atoms in total. The number of nitrogen functional groups attached to an aromatic ring is 1. The lowest BCUT2D eigenvalue weighted by Gasteiger charge is -2.19. The van der Waals surface area contributed by atoms with Crippen LogP contribution in [-0.2, 0) is 14.2 Å². The summed E-state index contributed by atoms with van der Waals surface area (Å²) in [6, 6.07) is 9.89. The number of aromatic nitrogens is 4. The SMILES string of the molecule is Nc1ncnc2c1ncn2[C@@H]1O[C@H](CO)C2OC(/C=C/c3ccccc3)O[C@@H]21. The molecule has 0 radical (unpaired) electrons. The molecule has 28 heavy (non-hydrogen) atoms. The van der Waals surface area contributed by atoms with Gasteiger partial charge in [-0.15, -0.1) is 0 Å². The van der Waals surface area contributed by atoms with E-state index in [1.165, 1.54) is 6.33 Å². The van der Waals surface area contributed by atoms with Gasteiger partial charge in [0.25, 0.3) is 0 Å². The van der Waals surface area contributed by atoms with Gasteiger partial charge in [0.15, 0.2) is 24.0 Å². The molecule has 5 rings (SSSR count). The van der Waals surface area contributed by atoms with Crippen molar-refractivity contribution in [3.8, 4) is 0 Å². The summed E-state index contributed by atoms with van der Waals surface area (Å²) in [4.78, 5) is 12.5. The molecule has 0 amide bonds. The number of fused-ring (bicyclic) bond motifs is 2. The van der Waals surface area contributed by atoms with Crippen LogP contribution < -0.4 is 5.73 Å². The van der Waals surface area contributed by atoms with Gasteiger partial charge in [-0.05, 0) is 11.6 Å². The van der Waals surface area contributed by atoms with Crippen LogP contribution >= 0.6 is 0 Å². The molecule has 2 fully saturated rings. The van der Waals surface area contributed by atoms with Crippen LogP contribution in [0.5, 0.6) is 0 Å². The van der Waals surface area contributed by atoms with Crippen molar-refractivity contribution in [1.82, 2.24) is 19.5 Å². The minimum atomic E-state index is -0.545. The Kier molecular flexibility index (Phi) is 4.29. The second-order valence-corrected chi connectivity index (χ2v) is 6.67. The second kappa shape index (κ2) is 6.95. The van der Waals surface area contributed by atoms with E-state index in [9.17, 15) is 5.11 Å². The largest absolute Gasteiger partial charge is 0.394 e. The van der Waals surface area contributed by atoms with Crippen molar-refractivity contribution in [3.63, 3.8) is 0 Å². The van der Waals surface area contributed by atoms with E-state index in [2.05, 4.69) is 15.0 Å². The van der Waals surface area contributed by atoms with Crippen molar-refractivity contribution >= 4 is 23.1 Å². The van der Waals surface area contributed by atoms with Gasteiger partial charge in [-0.2, -0.15) is 0 Å². The minimum Gasteiger partial charge on any atom is -0.394 e. The van der Waals surface area contributed by atoms with E-state index >= 15 is 0 Å². The summed E-state index contributed by atoms with van der Waals surface area (Å²) in [5.41, 5.74) is 7.96. The summed E-state index contributed by atoms with van der Waals surface area (Å²) in [7, 11) is 0. The lowest BCUT2D eigenvalue weighted by atomic mass is 10.1. The van der Waals surface area contributed by atoms with Crippen LogP contribution in [0.15, 0.2) is 49.1 Å². The Labute approximate surface area is 160 Å². The van der Waals surface area contributed by atoms with Crippen molar-refractivity contribution in [2.75, 3.05) is 12.3 Å². The molecule has 2 aromatic heterocycles. The average molecular weight is 381 g/mol. The van der Waals surface area contributed by atoms with Gasteiger partial charge in [0.05, 0.1) is 12.9 Å². The molecule has 5 atom stereocenters. The fourth-order valence-corrected chi connectivity index (χ4v) is 3.63. The number of ether oxygens (including phenoxy) is 3. The maximum Gasteiger partial charge on any atom is 0.178 e. The normalized spacial score (nSPS) is 29.7. The molecule has 1 aromatic carbocycles. The van der Waals surface area contributed by atoms with Gasteiger partial charge in [0.2, 0.25) is 0 Å². The van der Waals surface area contributed by atoms with E-state index in [1.54, 1.807) is 10.9 Å². The molecule has 2 aliphatic rings. The Hall–Kier alpha value is -2.85. The molecule has 0 bridgehead atoms. The van der Waals surface area contributed by atoms with E-state index < -0.39 is 30.8 Å². The Morgan fingerprint density at radius 2 is 1.89 bits per heavy atom. The van der Waals surface area contributed by atoms with Gasteiger partial charge >= 0.3 is 0 Å². The van der Waals surface area contributed by atoms with Crippen molar-refractivity contribution in [2.45, 2.75) is 30.8 Å². The quantitative estimate of drug-likeness (QED) is 0.690. The van der Waals surface area contributed by atoms with Crippen molar-refractivity contribution in [3.05, 3.63) is 54.6 Å². The topological polar surface area (TPSA) is 118 Å². The highest BCUT2D eigenvalue weighted by Crippen LogP contribution is 2.40. The highest BCUT2D eigenvalue weighted by Gasteiger charge is 2.53. The summed E-state index contributed by atoms with van der Waals surface area (Å²) in [5.74, 6) is 0.296. The Morgan fingerprint density at radius 1 is 1.07 bits per heavy atom. The lowest BCUT2D eigenvalue weighted by molar-refractivity contribution is -0.133. The summed E-state index contributed by atoms with van der Waals surface area (Å²) in [6.07, 6.45) is 4.34. The molecule has 0 saturated carbocycles. The third-order valence-electron chi connectivity index (χ3n) is 4.95. The molecular weight excluding hydrogens is 362 g/mol. The number of hydrogen-bond acceptors (Lipinski definition) is 8. The molecule has 0 spiro atoms. The Bertz CT molecular complexity index is 1010. The average Bonchev–Trinajstić information content (AvgIpc) is 3.41. The van der Waals surface area contributed by atoms with Gasteiger partial charge in [0, 0.05) is 0 Å². The number of anilines is 1. The summed E-state index contributed by atoms with van der Waals surface area (Å²) in [6.45, 7) is -0.181. The zero-order valence-electron chi connectivity index (χ0n) is 14.8. The number of hydrogen-bond donors (Lipinski definition) is 2. The third-order valence-corrected chi connectivity index (χ3v) is 4.95. The number of nitrogens with zero attached hydrogens (tertiary/aromatic N) is 4. The van der Waals surface area contributed by atoms with Crippen LogP contribution in [0.3, 0.4) is 0 Å². The smallest absolute Gasteiger partial charge is 0.178 e. The molecule has 3 aromatic rings. The van der Waals surface area contributed by atoms with E-state index in [0.29, 0.717) is 17.0 Å². The van der Waals surface area contributed by atoms with Gasteiger partial charge < -0.3 is 25.1 Å². The maximum atomic E-state index is 9.73. The predicted molar refractivity (Wildman–Crippen MR) is 99.7 cm³/mol. The lowest BCUT2D eigenvalue weighted by Crippen LogP contribution is -2.30. The van der Waals surface area contributed by atoms with Crippen molar-refractivity contribution in [1.29, 1.82) is 0 Å².